The van der Waals surface area contributed by atoms with E-state index in [4.69, 9.17) is 14.2 Å². The number of carboxylic acid groups (broad SMARTS) is 1. The number of ether oxygens (including phenoxy) is 3. The second-order valence-corrected chi connectivity index (χ2v) is 7.55. The number of amides is 2. The number of benzene rings is 1. The molecule has 0 heterocycles. The summed E-state index contributed by atoms with van der Waals surface area (Å²) in [6.45, 7) is 3.71. The van der Waals surface area contributed by atoms with E-state index in [1.54, 1.807) is 13.8 Å². The Morgan fingerprint density at radius 1 is 0.914 bits per heavy atom. The molecule has 0 aliphatic carbocycles. The molecule has 1 rings (SSSR count). The van der Waals surface area contributed by atoms with Gasteiger partial charge in [-0.1, -0.05) is 36.8 Å². The minimum atomic E-state index is -1.63. The molecule has 1 aromatic rings. The molecule has 11 heteroatoms. The van der Waals surface area contributed by atoms with Crippen LogP contribution in [0.3, 0.4) is 0 Å². The van der Waals surface area contributed by atoms with Gasteiger partial charge in [0.25, 0.3) is 0 Å². The molecule has 0 spiro atoms. The Morgan fingerprint density at radius 2 is 1.60 bits per heavy atom. The number of alkyl carbamates (subject to hydrolysis) is 1. The summed E-state index contributed by atoms with van der Waals surface area (Å²) >= 11 is 0. The first-order valence-corrected chi connectivity index (χ1v) is 11.6. The van der Waals surface area contributed by atoms with Crippen LogP contribution in [0.5, 0.6) is 0 Å². The van der Waals surface area contributed by atoms with Gasteiger partial charge in [0, 0.05) is 13.0 Å². The van der Waals surface area contributed by atoms with Crippen LogP contribution in [0.2, 0.25) is 0 Å². The third-order valence-corrected chi connectivity index (χ3v) is 4.83. The highest BCUT2D eigenvalue weighted by Gasteiger charge is 2.38. The first-order chi connectivity index (χ1) is 16.8. The van der Waals surface area contributed by atoms with Gasteiger partial charge in [-0.2, -0.15) is 0 Å². The lowest BCUT2D eigenvalue weighted by Crippen LogP contribution is -2.49. The molecule has 2 amide bonds. The molecule has 0 saturated carbocycles. The van der Waals surface area contributed by atoms with E-state index in [-0.39, 0.29) is 26.2 Å². The summed E-state index contributed by atoms with van der Waals surface area (Å²) in [6, 6.07) is 7.63. The molecule has 0 saturated heterocycles. The average Bonchev–Trinajstić information content (AvgIpc) is 2.83. The zero-order chi connectivity index (χ0) is 26.1. The van der Waals surface area contributed by atoms with Crippen molar-refractivity contribution in [2.75, 3.05) is 19.8 Å². The van der Waals surface area contributed by atoms with E-state index in [0.717, 1.165) is 5.56 Å². The van der Waals surface area contributed by atoms with E-state index in [2.05, 4.69) is 10.6 Å². The standard InChI is InChI=1S/C24H34N2O9/c1-3-33-20(28)15-18(23(31)34-4-2)21(22(29)30)26-19(27)13-9-6-10-14-25-24(32)35-16-17-11-7-5-8-12-17/h5,7-8,11-12,18,21H,3-4,6,9-10,13-16H2,1-2H3,(H,25,32)(H,26,27)(H,29,30)/t18-,21-/m0/s1. The molecule has 0 aliphatic rings. The van der Waals surface area contributed by atoms with Gasteiger partial charge in [-0.3, -0.25) is 14.4 Å². The van der Waals surface area contributed by atoms with Crippen LogP contribution in [-0.2, 0) is 40.0 Å². The van der Waals surface area contributed by atoms with Crippen molar-refractivity contribution in [1.29, 1.82) is 0 Å². The van der Waals surface area contributed by atoms with Gasteiger partial charge in [0.1, 0.15) is 12.6 Å². The van der Waals surface area contributed by atoms with Crippen molar-refractivity contribution in [1.82, 2.24) is 10.6 Å². The van der Waals surface area contributed by atoms with Gasteiger partial charge in [0.15, 0.2) is 0 Å². The van der Waals surface area contributed by atoms with Crippen LogP contribution in [-0.4, -0.2) is 60.8 Å². The normalized spacial score (nSPS) is 12.1. The molecule has 2 atom stereocenters. The summed E-state index contributed by atoms with van der Waals surface area (Å²) in [6.07, 6.45) is 0.551. The number of hydrogen-bond acceptors (Lipinski definition) is 8. The smallest absolute Gasteiger partial charge is 0.407 e. The summed E-state index contributed by atoms with van der Waals surface area (Å²) in [5.41, 5.74) is 0.876. The van der Waals surface area contributed by atoms with Crippen molar-refractivity contribution >= 4 is 29.9 Å². The molecule has 3 N–H and O–H groups in total. The molecule has 0 radical (unpaired) electrons. The Bertz CT molecular complexity index is 830. The van der Waals surface area contributed by atoms with Crippen molar-refractivity contribution in [3.63, 3.8) is 0 Å². The van der Waals surface area contributed by atoms with Crippen LogP contribution in [0.15, 0.2) is 30.3 Å². The molecular weight excluding hydrogens is 460 g/mol. The first kappa shape index (κ1) is 29.4. The highest BCUT2D eigenvalue weighted by Crippen LogP contribution is 2.15. The number of esters is 2. The van der Waals surface area contributed by atoms with Gasteiger partial charge in [-0.15, -0.1) is 0 Å². The fourth-order valence-electron chi connectivity index (χ4n) is 3.12. The molecule has 0 bridgehead atoms. The van der Waals surface area contributed by atoms with Crippen LogP contribution in [0.4, 0.5) is 4.79 Å². The lowest BCUT2D eigenvalue weighted by molar-refractivity contribution is -0.160. The van der Waals surface area contributed by atoms with Gasteiger partial charge in [-0.05, 0) is 32.3 Å². The van der Waals surface area contributed by atoms with Gasteiger partial charge in [0.2, 0.25) is 5.91 Å². The Balaban J connectivity index is 2.40. The predicted molar refractivity (Wildman–Crippen MR) is 124 cm³/mol. The van der Waals surface area contributed by atoms with Gasteiger partial charge in [0.05, 0.1) is 25.6 Å². The number of rotatable bonds is 16. The number of carbonyl (C=O) groups is 5. The highest BCUT2D eigenvalue weighted by atomic mass is 16.5. The Kier molecular flexibility index (Phi) is 14.2. The van der Waals surface area contributed by atoms with E-state index < -0.39 is 48.3 Å². The third kappa shape index (κ3) is 12.4. The molecular formula is C24H34N2O9. The fourth-order valence-corrected chi connectivity index (χ4v) is 3.12. The second-order valence-electron chi connectivity index (χ2n) is 7.55. The summed E-state index contributed by atoms with van der Waals surface area (Å²) < 4.78 is 14.8. The first-order valence-electron chi connectivity index (χ1n) is 11.6. The monoisotopic (exact) mass is 494 g/mol. The summed E-state index contributed by atoms with van der Waals surface area (Å²) in [5, 5.41) is 14.5. The number of carboxylic acids is 1. The van der Waals surface area contributed by atoms with Gasteiger partial charge < -0.3 is 30.0 Å². The van der Waals surface area contributed by atoms with Gasteiger partial charge in [-0.25, -0.2) is 9.59 Å². The molecule has 11 nitrogen and oxygen atoms in total. The van der Waals surface area contributed by atoms with Crippen LogP contribution in [0.25, 0.3) is 0 Å². The topological polar surface area (TPSA) is 157 Å². The van der Waals surface area contributed by atoms with E-state index in [0.29, 0.717) is 25.8 Å². The minimum absolute atomic E-state index is 0.00766. The maximum Gasteiger partial charge on any atom is 0.407 e. The number of carbonyl (C=O) groups excluding carboxylic acids is 4. The maximum atomic E-state index is 12.3. The zero-order valence-corrected chi connectivity index (χ0v) is 20.1. The zero-order valence-electron chi connectivity index (χ0n) is 20.1. The van der Waals surface area contributed by atoms with Gasteiger partial charge >= 0.3 is 24.0 Å². The molecule has 0 unspecified atom stereocenters. The quantitative estimate of drug-likeness (QED) is 0.178. The van der Waals surface area contributed by atoms with Crippen LogP contribution >= 0.6 is 0 Å². The molecule has 0 aliphatic heterocycles. The van der Waals surface area contributed by atoms with E-state index in [1.165, 1.54) is 0 Å². The summed E-state index contributed by atoms with van der Waals surface area (Å²) in [4.78, 5) is 59.8. The van der Waals surface area contributed by atoms with Crippen molar-refractivity contribution in [3.05, 3.63) is 35.9 Å². The van der Waals surface area contributed by atoms with Crippen molar-refractivity contribution < 1.29 is 43.3 Å². The molecule has 0 fully saturated rings. The van der Waals surface area contributed by atoms with Crippen molar-refractivity contribution in [2.24, 2.45) is 5.92 Å². The van der Waals surface area contributed by atoms with Crippen LogP contribution < -0.4 is 10.6 Å². The van der Waals surface area contributed by atoms with E-state index in [9.17, 15) is 29.1 Å². The highest BCUT2D eigenvalue weighted by molar-refractivity contribution is 5.90. The fraction of sp³-hybridized carbons (Fsp3) is 0.542. The molecule has 0 aromatic heterocycles. The Morgan fingerprint density at radius 3 is 2.23 bits per heavy atom. The number of aliphatic carboxylic acids is 1. The van der Waals surface area contributed by atoms with Crippen LogP contribution in [0.1, 0.15) is 51.5 Å². The average molecular weight is 495 g/mol. The number of unbranched alkanes of at least 4 members (excludes halogenated alkanes) is 2. The van der Waals surface area contributed by atoms with Crippen molar-refractivity contribution in [2.45, 2.75) is 58.6 Å². The summed E-state index contributed by atoms with van der Waals surface area (Å²) in [5.74, 6) is -5.12. The minimum Gasteiger partial charge on any atom is -0.480 e. The number of nitrogens with one attached hydrogen (secondary N) is 2. The Labute approximate surface area is 204 Å². The second kappa shape index (κ2) is 16.9. The molecule has 194 valence electrons. The lowest BCUT2D eigenvalue weighted by atomic mass is 9.95. The van der Waals surface area contributed by atoms with Crippen molar-refractivity contribution in [3.8, 4) is 0 Å². The Hall–Kier alpha value is -3.63. The van der Waals surface area contributed by atoms with E-state index >= 15 is 0 Å². The molecule has 1 aromatic carbocycles. The largest absolute Gasteiger partial charge is 0.480 e. The molecule has 35 heavy (non-hydrogen) atoms. The number of hydrogen-bond donors (Lipinski definition) is 3. The van der Waals surface area contributed by atoms with E-state index in [1.807, 2.05) is 30.3 Å². The van der Waals surface area contributed by atoms with Crippen LogP contribution in [0, 0.1) is 5.92 Å². The third-order valence-electron chi connectivity index (χ3n) is 4.83. The maximum absolute atomic E-state index is 12.3. The lowest BCUT2D eigenvalue weighted by Gasteiger charge is -2.22. The predicted octanol–water partition coefficient (Wildman–Crippen LogP) is 2.18. The SMILES string of the molecule is CCOC(=O)C[C@H](C(=O)OCC)[C@H](NC(=O)CCCCCNC(=O)OCc1ccccc1)C(=O)O. The summed E-state index contributed by atoms with van der Waals surface area (Å²) in [7, 11) is 0.